The maximum atomic E-state index is 5.84. The Bertz CT molecular complexity index is 332. The molecule has 0 aliphatic carbocycles. The summed E-state index contributed by atoms with van der Waals surface area (Å²) in [7, 11) is 0. The Labute approximate surface area is 103 Å². The molecule has 2 rings (SSSR count). The van der Waals surface area contributed by atoms with Crippen molar-refractivity contribution in [3.05, 3.63) is 24.3 Å². The Hall–Kier alpha value is -1.22. The summed E-state index contributed by atoms with van der Waals surface area (Å²) < 4.78 is 17.0. The monoisotopic (exact) mass is 236 g/mol. The summed E-state index contributed by atoms with van der Waals surface area (Å²) >= 11 is 0. The maximum Gasteiger partial charge on any atom is 0.200 e. The van der Waals surface area contributed by atoms with Crippen molar-refractivity contribution in [2.24, 2.45) is 0 Å². The van der Waals surface area contributed by atoms with Crippen LogP contribution in [0.3, 0.4) is 0 Å². The van der Waals surface area contributed by atoms with Crippen LogP contribution in [0, 0.1) is 0 Å². The molecule has 3 heteroatoms. The van der Waals surface area contributed by atoms with Crippen molar-refractivity contribution in [2.75, 3.05) is 13.2 Å². The lowest BCUT2D eigenvalue weighted by Crippen LogP contribution is -2.25. The average Bonchev–Trinajstić information content (AvgIpc) is 2.39. The molecule has 0 aromatic heterocycles. The SMILES string of the molecule is CCCOc1ccccc1O[C@H]1CCCCO1. The number of hydrogen-bond donors (Lipinski definition) is 0. The topological polar surface area (TPSA) is 27.7 Å². The molecule has 1 saturated heterocycles. The first-order valence-electron chi connectivity index (χ1n) is 6.40. The van der Waals surface area contributed by atoms with Crippen molar-refractivity contribution in [3.63, 3.8) is 0 Å². The molecular weight excluding hydrogens is 216 g/mol. The zero-order valence-electron chi connectivity index (χ0n) is 10.4. The molecule has 1 heterocycles. The zero-order valence-corrected chi connectivity index (χ0v) is 10.4. The van der Waals surface area contributed by atoms with Crippen LogP contribution in [0.2, 0.25) is 0 Å². The molecule has 1 atom stereocenters. The van der Waals surface area contributed by atoms with Gasteiger partial charge in [-0.25, -0.2) is 0 Å². The molecule has 0 N–H and O–H groups in total. The molecule has 3 nitrogen and oxygen atoms in total. The van der Waals surface area contributed by atoms with Crippen LogP contribution < -0.4 is 9.47 Å². The van der Waals surface area contributed by atoms with E-state index in [2.05, 4.69) is 6.92 Å². The summed E-state index contributed by atoms with van der Waals surface area (Å²) in [5, 5.41) is 0. The zero-order chi connectivity index (χ0) is 11.9. The molecule has 0 spiro atoms. The third kappa shape index (κ3) is 3.63. The molecule has 0 amide bonds. The lowest BCUT2D eigenvalue weighted by Gasteiger charge is -2.24. The second kappa shape index (κ2) is 6.50. The van der Waals surface area contributed by atoms with Gasteiger partial charge in [-0.2, -0.15) is 0 Å². The third-order valence-electron chi connectivity index (χ3n) is 2.71. The van der Waals surface area contributed by atoms with Gasteiger partial charge in [0, 0.05) is 6.42 Å². The van der Waals surface area contributed by atoms with Gasteiger partial charge < -0.3 is 14.2 Å². The van der Waals surface area contributed by atoms with Gasteiger partial charge in [-0.3, -0.25) is 0 Å². The molecule has 1 fully saturated rings. The first-order valence-corrected chi connectivity index (χ1v) is 6.40. The lowest BCUT2D eigenvalue weighted by atomic mass is 10.2. The number of ether oxygens (including phenoxy) is 3. The lowest BCUT2D eigenvalue weighted by molar-refractivity contribution is -0.106. The predicted octanol–water partition coefficient (Wildman–Crippen LogP) is 3.38. The van der Waals surface area contributed by atoms with Gasteiger partial charge in [0.25, 0.3) is 0 Å². The predicted molar refractivity (Wildman–Crippen MR) is 66.4 cm³/mol. The van der Waals surface area contributed by atoms with Gasteiger partial charge in [0.1, 0.15) is 0 Å². The molecule has 17 heavy (non-hydrogen) atoms. The molecule has 0 radical (unpaired) electrons. The first kappa shape index (κ1) is 12.2. The van der Waals surface area contributed by atoms with Crippen LogP contribution >= 0.6 is 0 Å². The first-order chi connectivity index (χ1) is 8.40. The van der Waals surface area contributed by atoms with E-state index in [1.807, 2.05) is 24.3 Å². The highest BCUT2D eigenvalue weighted by molar-refractivity contribution is 5.39. The van der Waals surface area contributed by atoms with Gasteiger partial charge in [0.05, 0.1) is 13.2 Å². The highest BCUT2D eigenvalue weighted by Crippen LogP contribution is 2.29. The Balaban J connectivity index is 1.98. The van der Waals surface area contributed by atoms with E-state index in [1.165, 1.54) is 6.42 Å². The third-order valence-corrected chi connectivity index (χ3v) is 2.71. The minimum atomic E-state index is -0.116. The molecule has 1 aliphatic rings. The summed E-state index contributed by atoms with van der Waals surface area (Å²) in [6.45, 7) is 3.60. The van der Waals surface area contributed by atoms with Crippen molar-refractivity contribution >= 4 is 0 Å². The van der Waals surface area contributed by atoms with E-state index >= 15 is 0 Å². The smallest absolute Gasteiger partial charge is 0.200 e. The van der Waals surface area contributed by atoms with Gasteiger partial charge >= 0.3 is 0 Å². The van der Waals surface area contributed by atoms with E-state index in [4.69, 9.17) is 14.2 Å². The summed E-state index contributed by atoms with van der Waals surface area (Å²) in [4.78, 5) is 0. The minimum absolute atomic E-state index is 0.116. The molecule has 1 aromatic rings. The molecule has 94 valence electrons. The van der Waals surface area contributed by atoms with Crippen LogP contribution in [0.5, 0.6) is 11.5 Å². The Morgan fingerprint density at radius 1 is 1.24 bits per heavy atom. The molecule has 1 aliphatic heterocycles. The number of benzene rings is 1. The van der Waals surface area contributed by atoms with Crippen molar-refractivity contribution in [1.29, 1.82) is 0 Å². The van der Waals surface area contributed by atoms with E-state index in [-0.39, 0.29) is 6.29 Å². The molecule has 0 bridgehead atoms. The van der Waals surface area contributed by atoms with Gasteiger partial charge in [0.2, 0.25) is 0 Å². The quantitative estimate of drug-likeness (QED) is 0.784. The average molecular weight is 236 g/mol. The highest BCUT2D eigenvalue weighted by Gasteiger charge is 2.16. The summed E-state index contributed by atoms with van der Waals surface area (Å²) in [5.41, 5.74) is 0. The van der Waals surface area contributed by atoms with Gasteiger partial charge in [-0.05, 0) is 31.4 Å². The fourth-order valence-electron chi connectivity index (χ4n) is 1.82. The van der Waals surface area contributed by atoms with Crippen LogP contribution in [0.25, 0.3) is 0 Å². The van der Waals surface area contributed by atoms with Crippen molar-refractivity contribution < 1.29 is 14.2 Å². The van der Waals surface area contributed by atoms with E-state index in [0.29, 0.717) is 6.61 Å². The Morgan fingerprint density at radius 2 is 2.06 bits per heavy atom. The normalized spacial score (nSPS) is 19.9. The standard InChI is InChI=1S/C14H20O3/c1-2-10-15-12-7-3-4-8-13(12)17-14-9-5-6-11-16-14/h3-4,7-8,14H,2,5-6,9-11H2,1H3/t14-/m0/s1. The van der Waals surface area contributed by atoms with E-state index < -0.39 is 0 Å². The summed E-state index contributed by atoms with van der Waals surface area (Å²) in [5.74, 6) is 1.59. The van der Waals surface area contributed by atoms with E-state index in [9.17, 15) is 0 Å². The fraction of sp³-hybridized carbons (Fsp3) is 0.571. The second-order valence-corrected chi connectivity index (χ2v) is 4.21. The largest absolute Gasteiger partial charge is 0.490 e. The summed E-state index contributed by atoms with van der Waals surface area (Å²) in [6, 6.07) is 7.79. The van der Waals surface area contributed by atoms with Crippen molar-refractivity contribution in [3.8, 4) is 11.5 Å². The van der Waals surface area contributed by atoms with Crippen LogP contribution in [0.15, 0.2) is 24.3 Å². The van der Waals surface area contributed by atoms with E-state index in [1.54, 1.807) is 0 Å². The van der Waals surface area contributed by atoms with Crippen LogP contribution in [0.1, 0.15) is 32.6 Å². The van der Waals surface area contributed by atoms with Crippen LogP contribution in [0.4, 0.5) is 0 Å². The highest BCUT2D eigenvalue weighted by atomic mass is 16.7. The van der Waals surface area contributed by atoms with Gasteiger partial charge in [0.15, 0.2) is 17.8 Å². The van der Waals surface area contributed by atoms with Crippen molar-refractivity contribution in [2.45, 2.75) is 38.9 Å². The number of hydrogen-bond acceptors (Lipinski definition) is 3. The Kier molecular flexibility index (Phi) is 4.68. The Morgan fingerprint density at radius 3 is 2.76 bits per heavy atom. The van der Waals surface area contributed by atoms with Crippen LogP contribution in [-0.2, 0) is 4.74 Å². The van der Waals surface area contributed by atoms with Crippen molar-refractivity contribution in [1.82, 2.24) is 0 Å². The van der Waals surface area contributed by atoms with Gasteiger partial charge in [-0.15, -0.1) is 0 Å². The van der Waals surface area contributed by atoms with Gasteiger partial charge in [-0.1, -0.05) is 19.1 Å². The molecule has 0 unspecified atom stereocenters. The minimum Gasteiger partial charge on any atom is -0.490 e. The molecule has 0 saturated carbocycles. The molecule has 1 aromatic carbocycles. The number of para-hydroxylation sites is 2. The fourth-order valence-corrected chi connectivity index (χ4v) is 1.82. The molecular formula is C14H20O3. The van der Waals surface area contributed by atoms with Crippen LogP contribution in [-0.4, -0.2) is 19.5 Å². The number of rotatable bonds is 5. The second-order valence-electron chi connectivity index (χ2n) is 4.21. The maximum absolute atomic E-state index is 5.84. The van der Waals surface area contributed by atoms with E-state index in [0.717, 1.165) is 37.4 Å². The summed E-state index contributed by atoms with van der Waals surface area (Å²) in [6.07, 6.45) is 4.14.